The molecule has 2 N–H and O–H groups in total. The second-order valence-electron chi connectivity index (χ2n) is 10.5. The zero-order valence-corrected chi connectivity index (χ0v) is 23.0. The highest BCUT2D eigenvalue weighted by atomic mass is 16.2. The molecule has 6 heteroatoms. The van der Waals surface area contributed by atoms with Gasteiger partial charge in [0.05, 0.1) is 17.6 Å². The van der Waals surface area contributed by atoms with Crippen molar-refractivity contribution in [1.29, 1.82) is 0 Å². The fourth-order valence-corrected chi connectivity index (χ4v) is 5.31. The summed E-state index contributed by atoms with van der Waals surface area (Å²) in [6.07, 6.45) is 8.05. The highest BCUT2D eigenvalue weighted by molar-refractivity contribution is 5.94. The lowest BCUT2D eigenvalue weighted by atomic mass is 9.85. The number of aryl methyl sites for hydroxylation is 2. The number of nitrogen functional groups attached to an aromatic ring is 1. The highest BCUT2D eigenvalue weighted by Crippen LogP contribution is 2.33. The largest absolute Gasteiger partial charge is 0.397 e. The van der Waals surface area contributed by atoms with Crippen LogP contribution in [-0.4, -0.2) is 58.9 Å². The van der Waals surface area contributed by atoms with Crippen LogP contribution in [0.2, 0.25) is 0 Å². The van der Waals surface area contributed by atoms with Gasteiger partial charge >= 0.3 is 0 Å². The standard InChI is InChI=1S/C31H39N5O/c1-20(18-29-22(3)33-14-11-28(29)30-10-8-26(32)19-34-30)23(4)36-15-12-24(13-16-36)27-9-7-25(17-21(27)2)31(37)35(5)6/h7-11,14,17-19,23-24H,12-13,15-16,32H2,1-6H3/b20-18+. The molecule has 0 radical (unpaired) electrons. The fourth-order valence-electron chi connectivity index (χ4n) is 5.31. The molecular formula is C31H39N5O. The number of amides is 1. The van der Waals surface area contributed by atoms with Gasteiger partial charge in [-0.1, -0.05) is 17.7 Å². The highest BCUT2D eigenvalue weighted by Gasteiger charge is 2.26. The summed E-state index contributed by atoms with van der Waals surface area (Å²) in [6.45, 7) is 10.8. The summed E-state index contributed by atoms with van der Waals surface area (Å²) >= 11 is 0. The van der Waals surface area contributed by atoms with Gasteiger partial charge in [0, 0.05) is 48.7 Å². The molecule has 1 fully saturated rings. The molecule has 1 unspecified atom stereocenters. The summed E-state index contributed by atoms with van der Waals surface area (Å²) in [5, 5.41) is 0. The van der Waals surface area contributed by atoms with Crippen LogP contribution in [0.3, 0.4) is 0 Å². The minimum atomic E-state index is 0.0553. The van der Waals surface area contributed by atoms with E-state index in [1.54, 1.807) is 25.2 Å². The van der Waals surface area contributed by atoms with Crippen LogP contribution in [0.25, 0.3) is 17.3 Å². The number of hydrogen-bond acceptors (Lipinski definition) is 5. The molecule has 194 valence electrons. The van der Waals surface area contributed by atoms with Crippen molar-refractivity contribution in [1.82, 2.24) is 19.8 Å². The smallest absolute Gasteiger partial charge is 0.253 e. The van der Waals surface area contributed by atoms with Crippen molar-refractivity contribution in [3.05, 3.63) is 82.3 Å². The number of carbonyl (C=O) groups excluding carboxylic acids is 1. The van der Waals surface area contributed by atoms with E-state index in [1.165, 1.54) is 16.7 Å². The second kappa shape index (κ2) is 11.3. The molecule has 3 aromatic rings. The molecule has 2 aromatic heterocycles. The maximum absolute atomic E-state index is 12.3. The lowest BCUT2D eigenvalue weighted by Crippen LogP contribution is -2.40. The SMILES string of the molecule is C/C(=C\c1c(-c2ccc(N)cn2)ccnc1C)C(C)N1CCC(c2ccc(C(=O)N(C)C)cc2C)CC1. The Balaban J connectivity index is 1.47. The van der Waals surface area contributed by atoms with Gasteiger partial charge in [-0.05, 0) is 101 Å². The van der Waals surface area contributed by atoms with Crippen LogP contribution < -0.4 is 5.73 Å². The van der Waals surface area contributed by atoms with Gasteiger partial charge in [-0.15, -0.1) is 0 Å². The number of carbonyl (C=O) groups is 1. The van der Waals surface area contributed by atoms with Gasteiger partial charge in [-0.25, -0.2) is 0 Å². The van der Waals surface area contributed by atoms with Crippen LogP contribution in [0, 0.1) is 13.8 Å². The van der Waals surface area contributed by atoms with E-state index in [-0.39, 0.29) is 5.91 Å². The third-order valence-electron chi connectivity index (χ3n) is 7.72. The first-order valence-corrected chi connectivity index (χ1v) is 13.1. The summed E-state index contributed by atoms with van der Waals surface area (Å²) in [5.41, 5.74) is 15.3. The topological polar surface area (TPSA) is 75.3 Å². The Kier molecular flexibility index (Phi) is 8.08. The summed E-state index contributed by atoms with van der Waals surface area (Å²) in [7, 11) is 3.59. The van der Waals surface area contributed by atoms with Gasteiger partial charge in [0.15, 0.2) is 0 Å². The van der Waals surface area contributed by atoms with Crippen molar-refractivity contribution in [3.63, 3.8) is 0 Å². The van der Waals surface area contributed by atoms with E-state index >= 15 is 0 Å². The average Bonchev–Trinajstić information content (AvgIpc) is 2.89. The van der Waals surface area contributed by atoms with Crippen LogP contribution in [-0.2, 0) is 0 Å². The number of hydrogen-bond donors (Lipinski definition) is 1. The third kappa shape index (κ3) is 5.91. The summed E-state index contributed by atoms with van der Waals surface area (Å²) in [4.78, 5) is 25.6. The van der Waals surface area contributed by atoms with E-state index < -0.39 is 0 Å². The Hall–Kier alpha value is -3.51. The molecule has 37 heavy (non-hydrogen) atoms. The number of benzene rings is 1. The number of rotatable bonds is 6. The van der Waals surface area contributed by atoms with Gasteiger partial charge in [0.2, 0.25) is 0 Å². The van der Waals surface area contributed by atoms with Crippen molar-refractivity contribution in [2.45, 2.75) is 52.5 Å². The van der Waals surface area contributed by atoms with Crippen molar-refractivity contribution in [3.8, 4) is 11.3 Å². The normalized spacial score (nSPS) is 16.0. The first-order valence-electron chi connectivity index (χ1n) is 13.1. The number of anilines is 1. The van der Waals surface area contributed by atoms with Crippen LogP contribution in [0.1, 0.15) is 65.3 Å². The molecule has 1 aromatic carbocycles. The molecule has 1 saturated heterocycles. The number of nitrogens with zero attached hydrogens (tertiary/aromatic N) is 4. The first-order chi connectivity index (χ1) is 17.7. The number of aromatic nitrogens is 2. The minimum absolute atomic E-state index is 0.0553. The minimum Gasteiger partial charge on any atom is -0.397 e. The quantitative estimate of drug-likeness (QED) is 0.472. The van der Waals surface area contributed by atoms with Crippen molar-refractivity contribution in [2.24, 2.45) is 0 Å². The molecule has 3 heterocycles. The van der Waals surface area contributed by atoms with E-state index in [4.69, 9.17) is 5.73 Å². The zero-order valence-electron chi connectivity index (χ0n) is 23.0. The number of likely N-dealkylation sites (tertiary alicyclic amines) is 1. The van der Waals surface area contributed by atoms with E-state index in [1.807, 2.05) is 36.5 Å². The van der Waals surface area contributed by atoms with Crippen molar-refractivity contribution >= 4 is 17.7 Å². The molecule has 0 aliphatic carbocycles. The molecule has 1 atom stereocenters. The summed E-state index contributed by atoms with van der Waals surface area (Å²) in [6, 6.07) is 12.4. The Morgan fingerprint density at radius 3 is 2.46 bits per heavy atom. The lowest BCUT2D eigenvalue weighted by Gasteiger charge is -2.37. The van der Waals surface area contributed by atoms with E-state index in [9.17, 15) is 4.79 Å². The van der Waals surface area contributed by atoms with Crippen LogP contribution in [0.15, 0.2) is 54.4 Å². The maximum atomic E-state index is 12.3. The molecule has 1 amide bonds. The fraction of sp³-hybridized carbons (Fsp3) is 0.387. The molecular weight excluding hydrogens is 458 g/mol. The van der Waals surface area contributed by atoms with E-state index in [0.717, 1.165) is 54.0 Å². The second-order valence-corrected chi connectivity index (χ2v) is 10.5. The molecule has 1 aliphatic heterocycles. The van der Waals surface area contributed by atoms with Crippen LogP contribution in [0.4, 0.5) is 5.69 Å². The van der Waals surface area contributed by atoms with Crippen LogP contribution in [0.5, 0.6) is 0 Å². The average molecular weight is 498 g/mol. The predicted molar refractivity (Wildman–Crippen MR) is 152 cm³/mol. The van der Waals surface area contributed by atoms with Gasteiger partial charge in [-0.2, -0.15) is 0 Å². The van der Waals surface area contributed by atoms with Gasteiger partial charge in [-0.3, -0.25) is 19.7 Å². The lowest BCUT2D eigenvalue weighted by molar-refractivity contribution is 0.0827. The van der Waals surface area contributed by atoms with Crippen molar-refractivity contribution in [2.75, 3.05) is 32.9 Å². The maximum Gasteiger partial charge on any atom is 0.253 e. The molecule has 6 nitrogen and oxygen atoms in total. The zero-order chi connectivity index (χ0) is 26.7. The van der Waals surface area contributed by atoms with Crippen LogP contribution >= 0.6 is 0 Å². The monoisotopic (exact) mass is 497 g/mol. The number of pyridine rings is 2. The van der Waals surface area contributed by atoms with Crippen molar-refractivity contribution < 1.29 is 4.79 Å². The Labute approximate surface area is 221 Å². The number of nitrogens with two attached hydrogens (primary N) is 1. The Bertz CT molecular complexity index is 1290. The summed E-state index contributed by atoms with van der Waals surface area (Å²) in [5.74, 6) is 0.583. The first kappa shape index (κ1) is 26.6. The molecule has 0 spiro atoms. The predicted octanol–water partition coefficient (Wildman–Crippen LogP) is 5.72. The third-order valence-corrected chi connectivity index (χ3v) is 7.72. The Morgan fingerprint density at radius 1 is 1.11 bits per heavy atom. The van der Waals surface area contributed by atoms with Gasteiger partial charge < -0.3 is 10.6 Å². The molecule has 0 saturated carbocycles. The summed E-state index contributed by atoms with van der Waals surface area (Å²) < 4.78 is 0. The van der Waals surface area contributed by atoms with E-state index in [0.29, 0.717) is 17.6 Å². The van der Waals surface area contributed by atoms with Gasteiger partial charge in [0.1, 0.15) is 0 Å². The molecule has 1 aliphatic rings. The molecule has 0 bridgehead atoms. The van der Waals surface area contributed by atoms with Gasteiger partial charge in [0.25, 0.3) is 5.91 Å². The number of piperidine rings is 1. The Morgan fingerprint density at radius 2 is 1.84 bits per heavy atom. The molecule has 4 rings (SSSR count). The van der Waals surface area contributed by atoms with E-state index in [2.05, 4.69) is 54.7 Å².